The van der Waals surface area contributed by atoms with Crippen molar-refractivity contribution in [3.63, 3.8) is 0 Å². The highest BCUT2D eigenvalue weighted by Gasteiger charge is 2.21. The Morgan fingerprint density at radius 3 is 2.29 bits per heavy atom. The fourth-order valence-electron chi connectivity index (χ4n) is 3.36. The van der Waals surface area contributed by atoms with E-state index in [-0.39, 0.29) is 0 Å². The van der Waals surface area contributed by atoms with Crippen LogP contribution in [-0.4, -0.2) is 46.1 Å². The van der Waals surface area contributed by atoms with Crippen LogP contribution in [0.3, 0.4) is 0 Å². The van der Waals surface area contributed by atoms with Crippen LogP contribution in [0.15, 0.2) is 48.8 Å². The van der Waals surface area contributed by atoms with Crippen LogP contribution < -0.4 is 15.1 Å². The summed E-state index contributed by atoms with van der Waals surface area (Å²) in [6.45, 7) is 8.27. The summed E-state index contributed by atoms with van der Waals surface area (Å²) in [7, 11) is 0. The predicted octanol–water partition coefficient (Wildman–Crippen LogP) is 2.82. The molecule has 3 aromatic rings. The smallest absolute Gasteiger partial charge is 0.227 e. The summed E-state index contributed by atoms with van der Waals surface area (Å²) in [4.78, 5) is 22.5. The van der Waals surface area contributed by atoms with Crippen LogP contribution >= 0.6 is 0 Å². The molecule has 1 N–H and O–H groups in total. The number of nitrogens with zero attached hydrogens (tertiary/aromatic N) is 6. The van der Waals surface area contributed by atoms with E-state index in [1.165, 1.54) is 11.1 Å². The van der Waals surface area contributed by atoms with E-state index in [1.807, 2.05) is 19.1 Å². The molecule has 0 amide bonds. The van der Waals surface area contributed by atoms with Crippen LogP contribution in [0.1, 0.15) is 16.8 Å². The Hall–Kier alpha value is -3.22. The number of aromatic nitrogens is 4. The highest BCUT2D eigenvalue weighted by Crippen LogP contribution is 2.18. The lowest BCUT2D eigenvalue weighted by molar-refractivity contribution is 0.627. The van der Waals surface area contributed by atoms with Crippen molar-refractivity contribution in [2.45, 2.75) is 20.4 Å². The highest BCUT2D eigenvalue weighted by molar-refractivity contribution is 5.45. The minimum absolute atomic E-state index is 0.747. The summed E-state index contributed by atoms with van der Waals surface area (Å²) < 4.78 is 0. The van der Waals surface area contributed by atoms with Gasteiger partial charge in [0.05, 0.1) is 0 Å². The molecule has 1 aromatic carbocycles. The van der Waals surface area contributed by atoms with Crippen molar-refractivity contribution in [1.29, 1.82) is 0 Å². The van der Waals surface area contributed by atoms with Crippen LogP contribution in [0.5, 0.6) is 0 Å². The van der Waals surface area contributed by atoms with Gasteiger partial charge >= 0.3 is 0 Å². The lowest BCUT2D eigenvalue weighted by Gasteiger charge is -2.34. The molecule has 4 rings (SSSR count). The Morgan fingerprint density at radius 2 is 1.57 bits per heavy atom. The molecule has 1 saturated heterocycles. The first-order chi connectivity index (χ1) is 13.7. The first-order valence-corrected chi connectivity index (χ1v) is 9.59. The zero-order valence-electron chi connectivity index (χ0n) is 16.3. The monoisotopic (exact) mass is 375 g/mol. The first kappa shape index (κ1) is 18.2. The molecule has 0 radical (unpaired) electrons. The Balaban J connectivity index is 1.41. The summed E-state index contributed by atoms with van der Waals surface area (Å²) in [5.74, 6) is 2.42. The molecule has 2 aromatic heterocycles. The second-order valence-corrected chi connectivity index (χ2v) is 7.06. The fourth-order valence-corrected chi connectivity index (χ4v) is 3.36. The SMILES string of the molecule is Cc1cccc(CNc2cc(C)nc(N3CCN(c4ncccn4)CC3)n2)c1. The van der Waals surface area contributed by atoms with Crippen LogP contribution in [-0.2, 0) is 6.54 Å². The van der Waals surface area contributed by atoms with Crippen molar-refractivity contribution in [3.8, 4) is 0 Å². The topological polar surface area (TPSA) is 70.1 Å². The van der Waals surface area contributed by atoms with Crippen LogP contribution in [0.2, 0.25) is 0 Å². The maximum atomic E-state index is 4.75. The Morgan fingerprint density at radius 1 is 0.857 bits per heavy atom. The summed E-state index contributed by atoms with van der Waals surface area (Å²) in [5.41, 5.74) is 3.47. The van der Waals surface area contributed by atoms with E-state index in [0.29, 0.717) is 0 Å². The summed E-state index contributed by atoms with van der Waals surface area (Å²) in [5, 5.41) is 3.43. The van der Waals surface area contributed by atoms with Crippen LogP contribution in [0, 0.1) is 13.8 Å². The van der Waals surface area contributed by atoms with Crippen molar-refractivity contribution >= 4 is 17.7 Å². The van der Waals surface area contributed by atoms with Gasteiger partial charge in [0.2, 0.25) is 11.9 Å². The van der Waals surface area contributed by atoms with E-state index in [0.717, 1.165) is 56.1 Å². The van der Waals surface area contributed by atoms with E-state index in [1.54, 1.807) is 12.4 Å². The van der Waals surface area contributed by atoms with Crippen LogP contribution in [0.4, 0.5) is 17.7 Å². The second kappa shape index (κ2) is 8.21. The molecule has 1 fully saturated rings. The third-order valence-corrected chi connectivity index (χ3v) is 4.80. The Bertz CT molecular complexity index is 921. The molecular weight excluding hydrogens is 350 g/mol. The van der Waals surface area contributed by atoms with Gasteiger partial charge in [0.15, 0.2) is 0 Å². The molecule has 0 bridgehead atoms. The molecule has 0 aliphatic carbocycles. The molecule has 3 heterocycles. The highest BCUT2D eigenvalue weighted by atomic mass is 15.4. The minimum Gasteiger partial charge on any atom is -0.366 e. The standard InChI is InChI=1S/C21H25N7/c1-16-5-3-6-18(13-16)15-24-19-14-17(2)25-21(26-19)28-11-9-27(10-12-28)20-22-7-4-8-23-20/h3-8,13-14H,9-12,15H2,1-2H3,(H,24,25,26). The van der Waals surface area contributed by atoms with Crippen molar-refractivity contribution < 1.29 is 0 Å². The van der Waals surface area contributed by atoms with Gasteiger partial charge in [0.25, 0.3) is 0 Å². The second-order valence-electron chi connectivity index (χ2n) is 7.06. The molecule has 0 saturated carbocycles. The van der Waals surface area contributed by atoms with Gasteiger partial charge in [-0.3, -0.25) is 0 Å². The fraction of sp³-hybridized carbons (Fsp3) is 0.333. The molecular formula is C21H25N7. The summed E-state index contributed by atoms with van der Waals surface area (Å²) in [6, 6.07) is 12.3. The molecule has 7 heteroatoms. The largest absolute Gasteiger partial charge is 0.366 e. The number of hydrogen-bond donors (Lipinski definition) is 1. The van der Waals surface area contributed by atoms with Gasteiger partial charge in [-0.05, 0) is 25.5 Å². The van der Waals surface area contributed by atoms with E-state index in [9.17, 15) is 0 Å². The molecule has 7 nitrogen and oxygen atoms in total. The minimum atomic E-state index is 0.747. The third-order valence-electron chi connectivity index (χ3n) is 4.80. The quantitative estimate of drug-likeness (QED) is 0.735. The van der Waals surface area contributed by atoms with Crippen molar-refractivity contribution in [2.24, 2.45) is 0 Å². The van der Waals surface area contributed by atoms with E-state index in [2.05, 4.69) is 61.3 Å². The average Bonchev–Trinajstić information content (AvgIpc) is 2.73. The number of anilines is 3. The Labute approximate surface area is 165 Å². The lowest BCUT2D eigenvalue weighted by atomic mass is 10.1. The van der Waals surface area contributed by atoms with Gasteiger partial charge in [-0.1, -0.05) is 29.8 Å². The first-order valence-electron chi connectivity index (χ1n) is 9.59. The van der Waals surface area contributed by atoms with Gasteiger partial charge in [-0.2, -0.15) is 4.98 Å². The van der Waals surface area contributed by atoms with Crippen molar-refractivity contribution in [1.82, 2.24) is 19.9 Å². The molecule has 0 unspecified atom stereocenters. The van der Waals surface area contributed by atoms with Gasteiger partial charge in [0, 0.05) is 56.9 Å². The normalized spacial score (nSPS) is 14.2. The number of rotatable bonds is 5. The molecule has 144 valence electrons. The average molecular weight is 375 g/mol. The maximum Gasteiger partial charge on any atom is 0.227 e. The number of aryl methyl sites for hydroxylation is 2. The number of hydrogen-bond acceptors (Lipinski definition) is 7. The molecule has 28 heavy (non-hydrogen) atoms. The third kappa shape index (κ3) is 4.36. The van der Waals surface area contributed by atoms with Crippen LogP contribution in [0.25, 0.3) is 0 Å². The van der Waals surface area contributed by atoms with Gasteiger partial charge < -0.3 is 15.1 Å². The maximum absolute atomic E-state index is 4.75. The number of piperazine rings is 1. The predicted molar refractivity (Wildman–Crippen MR) is 112 cm³/mol. The molecule has 0 atom stereocenters. The van der Waals surface area contributed by atoms with E-state index in [4.69, 9.17) is 4.98 Å². The zero-order chi connectivity index (χ0) is 19.3. The van der Waals surface area contributed by atoms with Gasteiger partial charge in [-0.15, -0.1) is 0 Å². The van der Waals surface area contributed by atoms with Gasteiger partial charge in [0.1, 0.15) is 5.82 Å². The van der Waals surface area contributed by atoms with E-state index >= 15 is 0 Å². The lowest BCUT2D eigenvalue weighted by Crippen LogP contribution is -2.47. The van der Waals surface area contributed by atoms with E-state index < -0.39 is 0 Å². The number of nitrogens with one attached hydrogen (secondary N) is 1. The summed E-state index contributed by atoms with van der Waals surface area (Å²) >= 11 is 0. The Kier molecular flexibility index (Phi) is 5.32. The number of benzene rings is 1. The molecule has 0 spiro atoms. The molecule has 1 aliphatic rings. The van der Waals surface area contributed by atoms with Crippen molar-refractivity contribution in [2.75, 3.05) is 41.3 Å². The summed E-state index contributed by atoms with van der Waals surface area (Å²) in [6.07, 6.45) is 3.56. The van der Waals surface area contributed by atoms with Crippen molar-refractivity contribution in [3.05, 3.63) is 65.6 Å². The van der Waals surface area contributed by atoms with Gasteiger partial charge in [-0.25, -0.2) is 15.0 Å². The molecule has 1 aliphatic heterocycles. The zero-order valence-corrected chi connectivity index (χ0v) is 16.3.